The molecule has 0 spiro atoms. The molecule has 1 saturated heterocycles. The number of hydrogen-bond donors (Lipinski definition) is 0. The maximum atomic E-state index is 5.52. The molecule has 1 aliphatic rings. The zero-order valence-corrected chi connectivity index (χ0v) is 15.4. The molecule has 0 bridgehead atoms. The summed E-state index contributed by atoms with van der Waals surface area (Å²) in [4.78, 5) is 20.5. The van der Waals surface area contributed by atoms with Crippen molar-refractivity contribution in [2.45, 2.75) is 27.2 Å². The Morgan fingerprint density at radius 1 is 1.04 bits per heavy atom. The largest absolute Gasteiger partial charge is 0.469 e. The van der Waals surface area contributed by atoms with E-state index in [0.717, 1.165) is 47.3 Å². The van der Waals surface area contributed by atoms with Crippen molar-refractivity contribution in [2.24, 2.45) is 11.8 Å². The Labute approximate surface area is 153 Å². The van der Waals surface area contributed by atoms with Crippen molar-refractivity contribution in [1.29, 1.82) is 0 Å². The van der Waals surface area contributed by atoms with E-state index < -0.39 is 0 Å². The highest BCUT2D eigenvalue weighted by Crippen LogP contribution is 2.33. The van der Waals surface area contributed by atoms with E-state index in [9.17, 15) is 0 Å². The topological polar surface area (TPSA) is 67.9 Å². The molecule has 0 unspecified atom stereocenters. The van der Waals surface area contributed by atoms with E-state index in [1.54, 1.807) is 24.9 Å². The van der Waals surface area contributed by atoms with E-state index in [2.05, 4.69) is 33.7 Å². The van der Waals surface area contributed by atoms with Gasteiger partial charge in [-0.3, -0.25) is 9.97 Å². The molecule has 0 N–H and O–H groups in total. The maximum absolute atomic E-state index is 5.52. The second kappa shape index (κ2) is 6.86. The van der Waals surface area contributed by atoms with Gasteiger partial charge in [-0.25, -0.2) is 9.97 Å². The fourth-order valence-corrected chi connectivity index (χ4v) is 3.81. The summed E-state index contributed by atoms with van der Waals surface area (Å²) in [6, 6.07) is 1.95. The molecule has 4 rings (SSSR count). The Bertz CT molecular complexity index is 882. The Kier molecular flexibility index (Phi) is 4.41. The first-order valence-corrected chi connectivity index (χ1v) is 9.04. The Hall–Kier alpha value is -2.76. The smallest absolute Gasteiger partial charge is 0.225 e. The number of hydrogen-bond acceptors (Lipinski definition) is 6. The number of rotatable bonds is 3. The van der Waals surface area contributed by atoms with Crippen molar-refractivity contribution in [2.75, 3.05) is 18.0 Å². The molecule has 1 aliphatic heterocycles. The summed E-state index contributed by atoms with van der Waals surface area (Å²) in [5.41, 5.74) is 3.43. The van der Waals surface area contributed by atoms with Crippen LogP contribution in [0.3, 0.4) is 0 Å². The number of furan rings is 1. The van der Waals surface area contributed by atoms with Crippen LogP contribution in [0.2, 0.25) is 0 Å². The molecule has 1 fully saturated rings. The first kappa shape index (κ1) is 16.7. The monoisotopic (exact) mass is 349 g/mol. The summed E-state index contributed by atoms with van der Waals surface area (Å²) in [5, 5.41) is 0. The standard InChI is InChI=1S/C20H23N5O/c1-13-8-14(2)12-25(11-13)20-23-9-17(18-10-21-5-6-22-18)19(24-20)16-4-7-26-15(16)3/h4-7,9-10,13-14H,8,11-12H2,1-3H3/t13-,14-/m1/s1. The Morgan fingerprint density at radius 2 is 1.85 bits per heavy atom. The van der Waals surface area contributed by atoms with Crippen LogP contribution in [0.4, 0.5) is 5.95 Å². The lowest BCUT2D eigenvalue weighted by Crippen LogP contribution is -2.39. The van der Waals surface area contributed by atoms with Crippen molar-refractivity contribution in [3.8, 4) is 22.5 Å². The third kappa shape index (κ3) is 3.19. The highest BCUT2D eigenvalue weighted by atomic mass is 16.3. The average molecular weight is 349 g/mol. The fraction of sp³-hybridized carbons (Fsp3) is 0.400. The van der Waals surface area contributed by atoms with Crippen molar-refractivity contribution < 1.29 is 4.42 Å². The number of aromatic nitrogens is 4. The predicted molar refractivity (Wildman–Crippen MR) is 101 cm³/mol. The maximum Gasteiger partial charge on any atom is 0.225 e. The van der Waals surface area contributed by atoms with Gasteiger partial charge in [-0.05, 0) is 31.2 Å². The minimum atomic E-state index is 0.640. The van der Waals surface area contributed by atoms with Gasteiger partial charge in [0.05, 0.1) is 23.8 Å². The van der Waals surface area contributed by atoms with Crippen LogP contribution in [0.25, 0.3) is 22.5 Å². The molecule has 0 radical (unpaired) electrons. The molecule has 0 aromatic carbocycles. The van der Waals surface area contributed by atoms with E-state index in [0.29, 0.717) is 11.8 Å². The summed E-state index contributed by atoms with van der Waals surface area (Å²) in [5.74, 6) is 2.88. The summed E-state index contributed by atoms with van der Waals surface area (Å²) >= 11 is 0. The van der Waals surface area contributed by atoms with Crippen molar-refractivity contribution >= 4 is 5.95 Å². The highest BCUT2D eigenvalue weighted by Gasteiger charge is 2.25. The summed E-state index contributed by atoms with van der Waals surface area (Å²) in [6.45, 7) is 8.50. The second-order valence-electron chi connectivity index (χ2n) is 7.26. The fourth-order valence-electron chi connectivity index (χ4n) is 3.81. The molecule has 3 aromatic heterocycles. The lowest BCUT2D eigenvalue weighted by Gasteiger charge is -2.35. The number of anilines is 1. The van der Waals surface area contributed by atoms with Gasteiger partial charge < -0.3 is 9.32 Å². The van der Waals surface area contributed by atoms with Crippen LogP contribution in [-0.4, -0.2) is 33.0 Å². The number of nitrogens with zero attached hydrogens (tertiary/aromatic N) is 5. The molecule has 26 heavy (non-hydrogen) atoms. The van der Waals surface area contributed by atoms with Gasteiger partial charge in [0.15, 0.2) is 0 Å². The van der Waals surface area contributed by atoms with Gasteiger partial charge in [0.2, 0.25) is 5.95 Å². The van der Waals surface area contributed by atoms with Gasteiger partial charge in [-0.1, -0.05) is 13.8 Å². The predicted octanol–water partition coefficient (Wildman–Crippen LogP) is 3.98. The molecule has 4 heterocycles. The van der Waals surface area contributed by atoms with Gasteiger partial charge in [-0.15, -0.1) is 0 Å². The molecule has 6 nitrogen and oxygen atoms in total. The SMILES string of the molecule is Cc1occc1-c1nc(N2C[C@H](C)C[C@@H](C)C2)ncc1-c1cnccn1. The van der Waals surface area contributed by atoms with Gasteiger partial charge in [-0.2, -0.15) is 0 Å². The molecule has 0 amide bonds. The number of piperidine rings is 1. The average Bonchev–Trinajstić information content (AvgIpc) is 3.07. The summed E-state index contributed by atoms with van der Waals surface area (Å²) < 4.78 is 5.52. The first-order chi connectivity index (χ1) is 12.6. The molecule has 0 saturated carbocycles. The normalized spacial score (nSPS) is 20.3. The van der Waals surface area contributed by atoms with E-state index in [-0.39, 0.29) is 0 Å². The van der Waals surface area contributed by atoms with E-state index in [1.165, 1.54) is 6.42 Å². The molecular weight excluding hydrogens is 326 g/mol. The van der Waals surface area contributed by atoms with Crippen LogP contribution in [0, 0.1) is 18.8 Å². The van der Waals surface area contributed by atoms with Crippen molar-refractivity contribution in [3.63, 3.8) is 0 Å². The lowest BCUT2D eigenvalue weighted by atomic mass is 9.92. The third-order valence-electron chi connectivity index (χ3n) is 4.88. The lowest BCUT2D eigenvalue weighted by molar-refractivity contribution is 0.353. The number of aryl methyl sites for hydroxylation is 1. The summed E-state index contributed by atoms with van der Waals surface area (Å²) in [7, 11) is 0. The van der Waals surface area contributed by atoms with E-state index in [4.69, 9.17) is 9.40 Å². The zero-order chi connectivity index (χ0) is 18.1. The zero-order valence-electron chi connectivity index (χ0n) is 15.4. The second-order valence-corrected chi connectivity index (χ2v) is 7.26. The van der Waals surface area contributed by atoms with E-state index in [1.807, 2.05) is 19.2 Å². The first-order valence-electron chi connectivity index (χ1n) is 9.04. The Morgan fingerprint density at radius 3 is 2.50 bits per heavy atom. The van der Waals surface area contributed by atoms with Gasteiger partial charge >= 0.3 is 0 Å². The molecule has 0 aliphatic carbocycles. The van der Waals surface area contributed by atoms with Crippen LogP contribution in [0.1, 0.15) is 26.0 Å². The van der Waals surface area contributed by atoms with Crippen molar-refractivity contribution in [3.05, 3.63) is 42.9 Å². The van der Waals surface area contributed by atoms with Crippen LogP contribution >= 0.6 is 0 Å². The van der Waals surface area contributed by atoms with Crippen LogP contribution < -0.4 is 4.90 Å². The van der Waals surface area contributed by atoms with Gasteiger partial charge in [0.25, 0.3) is 0 Å². The van der Waals surface area contributed by atoms with Gasteiger partial charge in [0.1, 0.15) is 5.76 Å². The molecule has 6 heteroatoms. The summed E-state index contributed by atoms with van der Waals surface area (Å²) in [6.07, 6.45) is 9.89. The van der Waals surface area contributed by atoms with Crippen LogP contribution in [0.15, 0.2) is 41.5 Å². The minimum Gasteiger partial charge on any atom is -0.469 e. The van der Waals surface area contributed by atoms with Crippen LogP contribution in [-0.2, 0) is 0 Å². The van der Waals surface area contributed by atoms with Gasteiger partial charge in [0, 0.05) is 42.8 Å². The van der Waals surface area contributed by atoms with E-state index >= 15 is 0 Å². The Balaban J connectivity index is 1.81. The highest BCUT2D eigenvalue weighted by molar-refractivity contribution is 5.79. The van der Waals surface area contributed by atoms with Crippen LogP contribution in [0.5, 0.6) is 0 Å². The molecule has 134 valence electrons. The third-order valence-corrected chi connectivity index (χ3v) is 4.88. The molecule has 2 atom stereocenters. The molecular formula is C20H23N5O. The molecule has 3 aromatic rings. The quantitative estimate of drug-likeness (QED) is 0.712. The van der Waals surface area contributed by atoms with Crippen molar-refractivity contribution in [1.82, 2.24) is 19.9 Å². The minimum absolute atomic E-state index is 0.640.